The fourth-order valence-corrected chi connectivity index (χ4v) is 2.92. The Morgan fingerprint density at radius 3 is 2.50 bits per heavy atom. The predicted molar refractivity (Wildman–Crippen MR) is 62.9 cm³/mol. The van der Waals surface area contributed by atoms with Gasteiger partial charge in [-0.15, -0.1) is 0 Å². The van der Waals surface area contributed by atoms with Gasteiger partial charge >= 0.3 is 0 Å². The van der Waals surface area contributed by atoms with Crippen molar-refractivity contribution in [2.45, 2.75) is 51.6 Å². The maximum absolute atomic E-state index is 12.2. The van der Waals surface area contributed by atoms with Crippen LogP contribution in [0.15, 0.2) is 0 Å². The third-order valence-corrected chi connectivity index (χ3v) is 4.07. The Bertz CT molecular complexity index is 246. The number of amides is 1. The van der Waals surface area contributed by atoms with Crippen molar-refractivity contribution in [2.75, 3.05) is 13.1 Å². The highest BCUT2D eigenvalue weighted by atomic mass is 16.3. The molecule has 2 rings (SSSR count). The Hall–Kier alpha value is -0.570. The van der Waals surface area contributed by atoms with Crippen LogP contribution in [0.4, 0.5) is 0 Å². The topological polar surface area (TPSA) is 40.5 Å². The lowest BCUT2D eigenvalue weighted by atomic mass is 9.82. The molecule has 1 unspecified atom stereocenters. The van der Waals surface area contributed by atoms with E-state index in [0.29, 0.717) is 12.5 Å². The number of piperidine rings is 1. The van der Waals surface area contributed by atoms with Crippen LogP contribution >= 0.6 is 0 Å². The standard InChI is InChI=1S/C13H23NO2/c1-10-4-6-11(7-5-10)13(16)14-8-2-3-12(15)9-14/h10-12,15H,2-9H2,1H3. The lowest BCUT2D eigenvalue weighted by molar-refractivity contribution is -0.139. The van der Waals surface area contributed by atoms with Gasteiger partial charge in [0.1, 0.15) is 0 Å². The van der Waals surface area contributed by atoms with Crippen LogP contribution in [0, 0.1) is 11.8 Å². The maximum atomic E-state index is 12.2. The zero-order chi connectivity index (χ0) is 11.5. The summed E-state index contributed by atoms with van der Waals surface area (Å²) < 4.78 is 0. The fourth-order valence-electron chi connectivity index (χ4n) is 2.92. The summed E-state index contributed by atoms with van der Waals surface area (Å²) in [6.45, 7) is 3.68. The molecule has 2 aliphatic rings. The Morgan fingerprint density at radius 1 is 1.19 bits per heavy atom. The third-order valence-electron chi connectivity index (χ3n) is 4.07. The van der Waals surface area contributed by atoms with Crippen molar-refractivity contribution in [1.29, 1.82) is 0 Å². The van der Waals surface area contributed by atoms with Crippen LogP contribution < -0.4 is 0 Å². The van der Waals surface area contributed by atoms with Crippen LogP contribution in [-0.4, -0.2) is 35.1 Å². The summed E-state index contributed by atoms with van der Waals surface area (Å²) in [6, 6.07) is 0. The molecule has 1 atom stereocenters. The first kappa shape index (κ1) is 11.9. The number of likely N-dealkylation sites (tertiary alicyclic amines) is 1. The highest BCUT2D eigenvalue weighted by Gasteiger charge is 2.30. The van der Waals surface area contributed by atoms with E-state index in [1.54, 1.807) is 0 Å². The van der Waals surface area contributed by atoms with Crippen molar-refractivity contribution < 1.29 is 9.90 Å². The van der Waals surface area contributed by atoms with Gasteiger partial charge in [-0.25, -0.2) is 0 Å². The summed E-state index contributed by atoms with van der Waals surface area (Å²) in [4.78, 5) is 14.1. The number of nitrogens with zero attached hydrogens (tertiary/aromatic N) is 1. The Morgan fingerprint density at radius 2 is 1.88 bits per heavy atom. The van der Waals surface area contributed by atoms with Crippen LogP contribution in [0.1, 0.15) is 45.4 Å². The number of carbonyl (C=O) groups is 1. The van der Waals surface area contributed by atoms with E-state index >= 15 is 0 Å². The van der Waals surface area contributed by atoms with Crippen molar-refractivity contribution in [1.82, 2.24) is 4.90 Å². The molecule has 1 aliphatic carbocycles. The van der Waals surface area contributed by atoms with Gasteiger partial charge in [-0.3, -0.25) is 4.79 Å². The molecular formula is C13H23NO2. The molecule has 16 heavy (non-hydrogen) atoms. The average molecular weight is 225 g/mol. The molecule has 1 saturated carbocycles. The first-order valence-corrected chi connectivity index (χ1v) is 6.63. The number of hydrogen-bond donors (Lipinski definition) is 1. The number of rotatable bonds is 1. The highest BCUT2D eigenvalue weighted by molar-refractivity contribution is 5.79. The molecule has 1 aliphatic heterocycles. The summed E-state index contributed by atoms with van der Waals surface area (Å²) in [5.41, 5.74) is 0. The van der Waals surface area contributed by atoms with E-state index in [1.165, 1.54) is 12.8 Å². The van der Waals surface area contributed by atoms with Crippen LogP contribution in [0.25, 0.3) is 0 Å². The summed E-state index contributed by atoms with van der Waals surface area (Å²) >= 11 is 0. The van der Waals surface area contributed by atoms with Crippen molar-refractivity contribution in [3.8, 4) is 0 Å². The molecule has 1 N–H and O–H groups in total. The number of aliphatic hydroxyl groups is 1. The zero-order valence-electron chi connectivity index (χ0n) is 10.2. The summed E-state index contributed by atoms with van der Waals surface area (Å²) in [5.74, 6) is 1.32. The van der Waals surface area contributed by atoms with Crippen molar-refractivity contribution in [2.24, 2.45) is 11.8 Å². The van der Waals surface area contributed by atoms with Crippen molar-refractivity contribution in [3.05, 3.63) is 0 Å². The number of aliphatic hydroxyl groups excluding tert-OH is 1. The van der Waals surface area contributed by atoms with E-state index in [-0.39, 0.29) is 12.0 Å². The molecule has 0 spiro atoms. The summed E-state index contributed by atoms with van der Waals surface area (Å²) in [5, 5.41) is 9.58. The summed E-state index contributed by atoms with van der Waals surface area (Å²) in [7, 11) is 0. The second-order valence-corrected chi connectivity index (χ2v) is 5.54. The number of β-amino-alcohol motifs (C(OH)–C–C–N with tert-alkyl or cyclic N) is 1. The minimum Gasteiger partial charge on any atom is -0.391 e. The van der Waals surface area contributed by atoms with Crippen molar-refractivity contribution in [3.63, 3.8) is 0 Å². The highest BCUT2D eigenvalue weighted by Crippen LogP contribution is 2.30. The normalized spacial score (nSPS) is 36.1. The molecule has 0 bridgehead atoms. The van der Waals surface area contributed by atoms with Gasteiger partial charge in [-0.1, -0.05) is 6.92 Å². The molecule has 0 aromatic carbocycles. The van der Waals surface area contributed by atoms with E-state index < -0.39 is 0 Å². The molecule has 0 aromatic rings. The van der Waals surface area contributed by atoms with Crippen molar-refractivity contribution >= 4 is 5.91 Å². The van der Waals surface area contributed by atoms with E-state index in [9.17, 15) is 9.90 Å². The van der Waals surface area contributed by atoms with Crippen LogP contribution in [-0.2, 0) is 4.79 Å². The van der Waals surface area contributed by atoms with Crippen LogP contribution in [0.2, 0.25) is 0 Å². The van der Waals surface area contributed by atoms with Gasteiger partial charge < -0.3 is 10.0 Å². The second kappa shape index (κ2) is 5.17. The minimum atomic E-state index is -0.291. The summed E-state index contributed by atoms with van der Waals surface area (Å²) in [6.07, 6.45) is 5.99. The number of carbonyl (C=O) groups excluding carboxylic acids is 1. The van der Waals surface area contributed by atoms with E-state index in [4.69, 9.17) is 0 Å². The molecule has 1 heterocycles. The zero-order valence-corrected chi connectivity index (χ0v) is 10.2. The molecule has 1 amide bonds. The fraction of sp³-hybridized carbons (Fsp3) is 0.923. The van der Waals surface area contributed by atoms with E-state index in [0.717, 1.165) is 38.1 Å². The molecular weight excluding hydrogens is 202 g/mol. The molecule has 0 aromatic heterocycles. The average Bonchev–Trinajstić information content (AvgIpc) is 2.29. The van der Waals surface area contributed by atoms with Gasteiger partial charge in [0.15, 0.2) is 0 Å². The monoisotopic (exact) mass is 225 g/mol. The van der Waals surface area contributed by atoms with Crippen LogP contribution in [0.5, 0.6) is 0 Å². The van der Waals surface area contributed by atoms with Crippen LogP contribution in [0.3, 0.4) is 0 Å². The first-order chi connectivity index (χ1) is 7.66. The number of hydrogen-bond acceptors (Lipinski definition) is 2. The maximum Gasteiger partial charge on any atom is 0.225 e. The lowest BCUT2D eigenvalue weighted by Gasteiger charge is -2.35. The largest absolute Gasteiger partial charge is 0.391 e. The van der Waals surface area contributed by atoms with Gasteiger partial charge in [-0.2, -0.15) is 0 Å². The Labute approximate surface area is 97.8 Å². The minimum absolute atomic E-state index is 0.237. The predicted octanol–water partition coefficient (Wildman–Crippen LogP) is 1.80. The lowest BCUT2D eigenvalue weighted by Crippen LogP contribution is -2.45. The van der Waals surface area contributed by atoms with Gasteiger partial charge in [-0.05, 0) is 44.4 Å². The Balaban J connectivity index is 1.86. The molecule has 3 heteroatoms. The molecule has 1 saturated heterocycles. The van der Waals surface area contributed by atoms with Gasteiger partial charge in [0.05, 0.1) is 6.10 Å². The van der Waals surface area contributed by atoms with Gasteiger partial charge in [0, 0.05) is 19.0 Å². The molecule has 92 valence electrons. The van der Waals surface area contributed by atoms with E-state index in [2.05, 4.69) is 6.92 Å². The third kappa shape index (κ3) is 2.76. The Kier molecular flexibility index (Phi) is 3.85. The van der Waals surface area contributed by atoms with Gasteiger partial charge in [0.25, 0.3) is 0 Å². The van der Waals surface area contributed by atoms with E-state index in [1.807, 2.05) is 4.90 Å². The second-order valence-electron chi connectivity index (χ2n) is 5.54. The van der Waals surface area contributed by atoms with Gasteiger partial charge in [0.2, 0.25) is 5.91 Å². The quantitative estimate of drug-likeness (QED) is 0.739. The molecule has 0 radical (unpaired) electrons. The first-order valence-electron chi connectivity index (χ1n) is 6.63. The molecule has 2 fully saturated rings. The SMILES string of the molecule is CC1CCC(C(=O)N2CCCC(O)C2)CC1. The smallest absolute Gasteiger partial charge is 0.225 e. The molecule has 3 nitrogen and oxygen atoms in total.